The second-order valence-electron chi connectivity index (χ2n) is 9.56. The van der Waals surface area contributed by atoms with Crippen molar-refractivity contribution < 1.29 is 32.2 Å². The number of anilines is 1. The number of alkyl halides is 3. The van der Waals surface area contributed by atoms with E-state index in [2.05, 4.69) is 6.92 Å². The second-order valence-corrected chi connectivity index (χ2v) is 9.56. The van der Waals surface area contributed by atoms with Crippen LogP contribution in [0.4, 0.5) is 18.9 Å². The van der Waals surface area contributed by atoms with E-state index in [1.54, 1.807) is 4.90 Å². The lowest BCUT2D eigenvalue weighted by Crippen LogP contribution is -2.43. The molecule has 2 aromatic rings. The highest BCUT2D eigenvalue weighted by atomic mass is 19.4. The van der Waals surface area contributed by atoms with Crippen molar-refractivity contribution in [3.8, 4) is 11.5 Å². The lowest BCUT2D eigenvalue weighted by molar-refractivity contribution is -0.138. The molecular weight excluding hydrogens is 473 g/mol. The van der Waals surface area contributed by atoms with E-state index in [1.165, 1.54) is 37.4 Å². The van der Waals surface area contributed by atoms with Crippen molar-refractivity contribution in [3.63, 3.8) is 0 Å². The number of hydrogen-bond acceptors (Lipinski definition) is 5. The van der Waals surface area contributed by atoms with Gasteiger partial charge in [0, 0.05) is 18.5 Å². The monoisotopic (exact) mass is 506 g/mol. The molecule has 1 aliphatic rings. The molecule has 0 bridgehead atoms. The van der Waals surface area contributed by atoms with Crippen LogP contribution in [0.1, 0.15) is 67.9 Å². The summed E-state index contributed by atoms with van der Waals surface area (Å²) in [5, 5.41) is 0. The van der Waals surface area contributed by atoms with Gasteiger partial charge in [-0.15, -0.1) is 0 Å². The predicted octanol–water partition coefficient (Wildman–Crippen LogP) is 6.31. The molecule has 0 spiro atoms. The van der Waals surface area contributed by atoms with Crippen LogP contribution in [0.2, 0.25) is 0 Å². The van der Waals surface area contributed by atoms with Crippen LogP contribution in [0, 0.1) is 11.8 Å². The Kier molecular flexibility index (Phi) is 8.66. The topological polar surface area (TPSA) is 81.9 Å². The maximum atomic E-state index is 13.6. The van der Waals surface area contributed by atoms with Gasteiger partial charge in [0.25, 0.3) is 0 Å². The summed E-state index contributed by atoms with van der Waals surface area (Å²) >= 11 is 0. The Morgan fingerprint density at radius 1 is 1.08 bits per heavy atom. The average molecular weight is 507 g/mol. The minimum absolute atomic E-state index is 0.00722. The van der Waals surface area contributed by atoms with E-state index in [9.17, 15) is 22.8 Å². The normalized spacial score (nSPS) is 18.1. The van der Waals surface area contributed by atoms with Crippen LogP contribution in [0.15, 0.2) is 36.4 Å². The van der Waals surface area contributed by atoms with E-state index in [-0.39, 0.29) is 35.7 Å². The maximum absolute atomic E-state index is 13.6. The highest BCUT2D eigenvalue weighted by molar-refractivity contribution is 6.04. The van der Waals surface area contributed by atoms with Gasteiger partial charge in [-0.05, 0) is 81.3 Å². The Labute approximate surface area is 209 Å². The number of benzene rings is 2. The minimum atomic E-state index is -4.66. The van der Waals surface area contributed by atoms with Gasteiger partial charge in [0.05, 0.1) is 23.9 Å². The Balaban J connectivity index is 2.00. The number of nitrogens with zero attached hydrogens (tertiary/aromatic N) is 1. The van der Waals surface area contributed by atoms with Crippen LogP contribution in [-0.4, -0.2) is 25.0 Å². The fourth-order valence-corrected chi connectivity index (χ4v) is 4.56. The van der Waals surface area contributed by atoms with E-state index in [1.807, 2.05) is 13.8 Å². The molecule has 1 amide bonds. The first-order valence-electron chi connectivity index (χ1n) is 12.1. The first kappa shape index (κ1) is 27.5. The number of nitrogens with two attached hydrogens (primary N) is 1. The Morgan fingerprint density at radius 2 is 1.75 bits per heavy atom. The molecule has 2 N–H and O–H groups in total. The zero-order valence-corrected chi connectivity index (χ0v) is 21.0. The summed E-state index contributed by atoms with van der Waals surface area (Å²) in [5.41, 5.74) is 5.20. The third-order valence-corrected chi connectivity index (χ3v) is 6.56. The van der Waals surface area contributed by atoms with Crippen LogP contribution in [0.5, 0.6) is 11.5 Å². The third kappa shape index (κ3) is 6.19. The highest BCUT2D eigenvalue weighted by Crippen LogP contribution is 2.40. The van der Waals surface area contributed by atoms with E-state index in [0.29, 0.717) is 17.2 Å². The van der Waals surface area contributed by atoms with Gasteiger partial charge >= 0.3 is 12.1 Å². The first-order chi connectivity index (χ1) is 17.0. The number of ether oxygens (including phenoxy) is 2. The SMILES string of the molecule is COC(=O)c1cc(Oc2ccc(CN)cc2C(F)(F)F)ccc1N(C(=O)[C@H]1CC[C@H](C)CC1)C(C)C. The molecule has 0 saturated heterocycles. The molecule has 6 nitrogen and oxygen atoms in total. The van der Waals surface area contributed by atoms with E-state index in [0.717, 1.165) is 31.7 Å². The summed E-state index contributed by atoms with van der Waals surface area (Å²) in [6.07, 6.45) is -1.19. The van der Waals surface area contributed by atoms with Crippen molar-refractivity contribution in [2.45, 2.75) is 65.2 Å². The molecule has 0 aliphatic heterocycles. The van der Waals surface area contributed by atoms with Crippen molar-refractivity contribution in [2.24, 2.45) is 17.6 Å². The third-order valence-electron chi connectivity index (χ3n) is 6.56. The number of methoxy groups -OCH3 is 1. The molecule has 9 heteroatoms. The number of hydrogen-bond donors (Lipinski definition) is 1. The molecule has 196 valence electrons. The summed E-state index contributed by atoms with van der Waals surface area (Å²) in [5.74, 6) is -0.790. The molecule has 0 radical (unpaired) electrons. The Morgan fingerprint density at radius 3 is 2.31 bits per heavy atom. The lowest BCUT2D eigenvalue weighted by Gasteiger charge is -2.34. The fourth-order valence-electron chi connectivity index (χ4n) is 4.56. The summed E-state index contributed by atoms with van der Waals surface area (Å²) < 4.78 is 51.4. The molecule has 0 unspecified atom stereocenters. The summed E-state index contributed by atoms with van der Waals surface area (Å²) in [7, 11) is 1.21. The average Bonchev–Trinajstić information content (AvgIpc) is 2.84. The molecule has 36 heavy (non-hydrogen) atoms. The smallest absolute Gasteiger partial charge is 0.419 e. The number of carbonyl (C=O) groups is 2. The number of carbonyl (C=O) groups excluding carboxylic acids is 2. The maximum Gasteiger partial charge on any atom is 0.419 e. The van der Waals surface area contributed by atoms with Crippen LogP contribution < -0.4 is 15.4 Å². The summed E-state index contributed by atoms with van der Waals surface area (Å²) in [6, 6.07) is 7.61. The van der Waals surface area contributed by atoms with Crippen molar-refractivity contribution in [2.75, 3.05) is 12.0 Å². The van der Waals surface area contributed by atoms with E-state index in [4.69, 9.17) is 15.2 Å². The molecular formula is C27H33F3N2O4. The van der Waals surface area contributed by atoms with Gasteiger partial charge in [-0.2, -0.15) is 13.2 Å². The standard InChI is InChI=1S/C27H33F3N2O4/c1-16(2)32(25(33)19-8-5-17(3)6-9-19)23-11-10-20(14-21(23)26(34)35-4)36-24-12-7-18(15-31)13-22(24)27(28,29)30/h7,10-14,16-17,19H,5-6,8-9,15,31H2,1-4H3/t17-,19-. The molecule has 0 heterocycles. The van der Waals surface area contributed by atoms with Crippen molar-refractivity contribution in [1.82, 2.24) is 0 Å². The van der Waals surface area contributed by atoms with E-state index >= 15 is 0 Å². The van der Waals surface area contributed by atoms with E-state index < -0.39 is 23.5 Å². The number of amides is 1. The van der Waals surface area contributed by atoms with Crippen LogP contribution >= 0.6 is 0 Å². The Bertz CT molecular complexity index is 1090. The van der Waals surface area contributed by atoms with Gasteiger partial charge in [-0.3, -0.25) is 4.79 Å². The van der Waals surface area contributed by atoms with Crippen LogP contribution in [0.25, 0.3) is 0 Å². The minimum Gasteiger partial charge on any atom is -0.465 e. The summed E-state index contributed by atoms with van der Waals surface area (Å²) in [6.45, 7) is 5.82. The number of halogens is 3. The van der Waals surface area contributed by atoms with Crippen molar-refractivity contribution in [3.05, 3.63) is 53.1 Å². The second kappa shape index (κ2) is 11.3. The fraction of sp³-hybridized carbons (Fsp3) is 0.481. The molecule has 3 rings (SSSR count). The number of esters is 1. The number of rotatable bonds is 7. The molecule has 1 saturated carbocycles. The quantitative estimate of drug-likeness (QED) is 0.445. The van der Waals surface area contributed by atoms with Crippen molar-refractivity contribution >= 4 is 17.6 Å². The Hall–Kier alpha value is -3.07. The lowest BCUT2D eigenvalue weighted by atomic mass is 9.82. The predicted molar refractivity (Wildman–Crippen MR) is 131 cm³/mol. The zero-order valence-electron chi connectivity index (χ0n) is 21.0. The molecule has 0 aromatic heterocycles. The van der Waals surface area contributed by atoms with Gasteiger partial charge in [0.2, 0.25) is 5.91 Å². The zero-order chi connectivity index (χ0) is 26.6. The van der Waals surface area contributed by atoms with Crippen LogP contribution in [0.3, 0.4) is 0 Å². The molecule has 1 aliphatic carbocycles. The molecule has 1 fully saturated rings. The summed E-state index contributed by atoms with van der Waals surface area (Å²) in [4.78, 5) is 27.8. The first-order valence-corrected chi connectivity index (χ1v) is 12.1. The van der Waals surface area contributed by atoms with Crippen molar-refractivity contribution in [1.29, 1.82) is 0 Å². The van der Waals surface area contributed by atoms with Gasteiger partial charge in [-0.1, -0.05) is 13.0 Å². The molecule has 2 aromatic carbocycles. The van der Waals surface area contributed by atoms with Crippen LogP contribution in [-0.2, 0) is 22.3 Å². The van der Waals surface area contributed by atoms with Gasteiger partial charge < -0.3 is 20.1 Å². The van der Waals surface area contributed by atoms with Gasteiger partial charge in [-0.25, -0.2) is 4.79 Å². The van der Waals surface area contributed by atoms with Gasteiger partial charge in [0.1, 0.15) is 11.5 Å². The molecule has 0 atom stereocenters. The van der Waals surface area contributed by atoms with Gasteiger partial charge in [0.15, 0.2) is 0 Å². The largest absolute Gasteiger partial charge is 0.465 e. The highest BCUT2D eigenvalue weighted by Gasteiger charge is 2.35.